The fourth-order valence-corrected chi connectivity index (χ4v) is 3.82. The summed E-state index contributed by atoms with van der Waals surface area (Å²) in [5.41, 5.74) is 1.92. The highest BCUT2D eigenvalue weighted by Gasteiger charge is 2.18. The standard InChI is InChI=1S/C21H21N3O4S/c1-14(20(25)23-12-15-3-8-18-19(11-15)28-13-27-18)29-21-22-9-10-24(21)16-4-6-17(26-2)7-5-16/h3-11,14H,12-13H2,1-2H3,(H,23,25)/t14-/m0/s1. The van der Waals surface area contributed by atoms with Crippen molar-refractivity contribution in [3.8, 4) is 22.9 Å². The van der Waals surface area contributed by atoms with Gasteiger partial charge in [0.1, 0.15) is 5.75 Å². The summed E-state index contributed by atoms with van der Waals surface area (Å²) in [6, 6.07) is 13.4. The van der Waals surface area contributed by atoms with Crippen molar-refractivity contribution in [3.63, 3.8) is 0 Å². The lowest BCUT2D eigenvalue weighted by molar-refractivity contribution is -0.120. The van der Waals surface area contributed by atoms with Crippen LogP contribution in [0.15, 0.2) is 60.0 Å². The van der Waals surface area contributed by atoms with Crippen molar-refractivity contribution in [3.05, 3.63) is 60.4 Å². The topological polar surface area (TPSA) is 74.6 Å². The highest BCUT2D eigenvalue weighted by molar-refractivity contribution is 8.00. The number of carbonyl (C=O) groups excluding carboxylic acids is 1. The van der Waals surface area contributed by atoms with Gasteiger partial charge in [0.25, 0.3) is 0 Å². The maximum Gasteiger partial charge on any atom is 0.233 e. The molecule has 0 saturated carbocycles. The molecule has 1 amide bonds. The summed E-state index contributed by atoms with van der Waals surface area (Å²) in [6.45, 7) is 2.53. The quantitative estimate of drug-likeness (QED) is 0.601. The first-order chi connectivity index (χ1) is 14.1. The van der Waals surface area contributed by atoms with Crippen LogP contribution in [0.4, 0.5) is 0 Å². The molecule has 4 rings (SSSR count). The Balaban J connectivity index is 1.37. The lowest BCUT2D eigenvalue weighted by atomic mass is 10.2. The molecule has 1 atom stereocenters. The molecule has 7 nitrogen and oxygen atoms in total. The van der Waals surface area contributed by atoms with Crippen molar-refractivity contribution in [2.24, 2.45) is 0 Å². The van der Waals surface area contributed by atoms with E-state index in [-0.39, 0.29) is 18.0 Å². The Hall–Kier alpha value is -3.13. The smallest absolute Gasteiger partial charge is 0.233 e. The van der Waals surface area contributed by atoms with Crippen molar-refractivity contribution in [1.29, 1.82) is 0 Å². The normalized spacial score (nSPS) is 13.2. The molecule has 0 bridgehead atoms. The monoisotopic (exact) mass is 411 g/mol. The molecule has 1 N–H and O–H groups in total. The van der Waals surface area contributed by atoms with Crippen LogP contribution in [-0.2, 0) is 11.3 Å². The minimum atomic E-state index is -0.302. The number of nitrogens with one attached hydrogen (secondary N) is 1. The number of carbonyl (C=O) groups is 1. The van der Waals surface area contributed by atoms with Crippen LogP contribution in [-0.4, -0.2) is 34.6 Å². The molecule has 3 aromatic rings. The Morgan fingerprint density at radius 3 is 2.83 bits per heavy atom. The molecular weight excluding hydrogens is 390 g/mol. The van der Waals surface area contributed by atoms with E-state index in [1.165, 1.54) is 11.8 Å². The molecule has 150 valence electrons. The second kappa shape index (κ2) is 8.48. The summed E-state index contributed by atoms with van der Waals surface area (Å²) in [5, 5.41) is 3.42. The molecule has 29 heavy (non-hydrogen) atoms. The van der Waals surface area contributed by atoms with E-state index in [1.807, 2.05) is 60.2 Å². The predicted molar refractivity (Wildman–Crippen MR) is 110 cm³/mol. The number of rotatable bonds is 7. The van der Waals surface area contributed by atoms with Crippen molar-refractivity contribution < 1.29 is 19.0 Å². The minimum absolute atomic E-state index is 0.0584. The number of amides is 1. The third kappa shape index (κ3) is 4.32. The van der Waals surface area contributed by atoms with Gasteiger partial charge in [0.05, 0.1) is 12.4 Å². The number of aromatic nitrogens is 2. The summed E-state index contributed by atoms with van der Waals surface area (Å²) in [6.07, 6.45) is 3.60. The number of fused-ring (bicyclic) bond motifs is 1. The Morgan fingerprint density at radius 2 is 2.03 bits per heavy atom. The molecule has 0 fully saturated rings. The van der Waals surface area contributed by atoms with Crippen LogP contribution < -0.4 is 19.5 Å². The van der Waals surface area contributed by atoms with Crippen LogP contribution in [0.1, 0.15) is 12.5 Å². The largest absolute Gasteiger partial charge is 0.497 e. The molecular formula is C21H21N3O4S. The van der Waals surface area contributed by atoms with Gasteiger partial charge in [-0.3, -0.25) is 9.36 Å². The lowest BCUT2D eigenvalue weighted by Gasteiger charge is -2.13. The van der Waals surface area contributed by atoms with Crippen LogP contribution in [0.3, 0.4) is 0 Å². The van der Waals surface area contributed by atoms with E-state index in [9.17, 15) is 4.79 Å². The van der Waals surface area contributed by atoms with Crippen LogP contribution in [0.25, 0.3) is 5.69 Å². The van der Waals surface area contributed by atoms with Gasteiger partial charge >= 0.3 is 0 Å². The van der Waals surface area contributed by atoms with E-state index >= 15 is 0 Å². The third-order valence-corrected chi connectivity index (χ3v) is 5.59. The molecule has 0 spiro atoms. The van der Waals surface area contributed by atoms with Gasteiger partial charge in [-0.25, -0.2) is 4.98 Å². The number of imidazole rings is 1. The van der Waals surface area contributed by atoms with Gasteiger partial charge in [0.15, 0.2) is 16.7 Å². The summed E-state index contributed by atoms with van der Waals surface area (Å²) in [7, 11) is 1.64. The van der Waals surface area contributed by atoms with Crippen molar-refractivity contribution in [1.82, 2.24) is 14.9 Å². The molecule has 2 aromatic carbocycles. The molecule has 0 aliphatic carbocycles. The lowest BCUT2D eigenvalue weighted by Crippen LogP contribution is -2.30. The molecule has 0 radical (unpaired) electrons. The molecule has 1 aliphatic rings. The second-order valence-corrected chi connectivity index (χ2v) is 7.75. The fraction of sp³-hybridized carbons (Fsp3) is 0.238. The number of hydrogen-bond acceptors (Lipinski definition) is 6. The zero-order valence-electron chi connectivity index (χ0n) is 16.1. The molecule has 8 heteroatoms. The summed E-state index contributed by atoms with van der Waals surface area (Å²) in [5.74, 6) is 2.17. The zero-order valence-corrected chi connectivity index (χ0v) is 16.9. The SMILES string of the molecule is COc1ccc(-n2ccnc2S[C@@H](C)C(=O)NCc2ccc3c(c2)OCO3)cc1. The maximum atomic E-state index is 12.6. The fourth-order valence-electron chi connectivity index (χ4n) is 2.91. The first-order valence-corrected chi connectivity index (χ1v) is 10.0. The van der Waals surface area contributed by atoms with Crippen molar-refractivity contribution in [2.75, 3.05) is 13.9 Å². The molecule has 0 saturated heterocycles. The van der Waals surface area contributed by atoms with Crippen LogP contribution in [0.2, 0.25) is 0 Å². The zero-order chi connectivity index (χ0) is 20.2. The summed E-state index contributed by atoms with van der Waals surface area (Å²) >= 11 is 1.41. The van der Waals surface area contributed by atoms with Gasteiger partial charge in [-0.15, -0.1) is 0 Å². The van der Waals surface area contributed by atoms with E-state index in [1.54, 1.807) is 13.3 Å². The first kappa shape index (κ1) is 19.2. The third-order valence-electron chi connectivity index (χ3n) is 4.51. The highest BCUT2D eigenvalue weighted by atomic mass is 32.2. The van der Waals surface area contributed by atoms with E-state index in [2.05, 4.69) is 10.3 Å². The average Bonchev–Trinajstić information content (AvgIpc) is 3.41. The summed E-state index contributed by atoms with van der Waals surface area (Å²) < 4.78 is 17.8. The van der Waals surface area contributed by atoms with Gasteiger partial charge < -0.3 is 19.5 Å². The second-order valence-electron chi connectivity index (χ2n) is 6.44. The molecule has 2 heterocycles. The summed E-state index contributed by atoms with van der Waals surface area (Å²) in [4.78, 5) is 17.0. The van der Waals surface area contributed by atoms with Crippen LogP contribution in [0.5, 0.6) is 17.2 Å². The number of nitrogens with zero attached hydrogens (tertiary/aromatic N) is 2. The van der Waals surface area contributed by atoms with Gasteiger partial charge in [0.2, 0.25) is 12.7 Å². The number of ether oxygens (including phenoxy) is 3. The minimum Gasteiger partial charge on any atom is -0.497 e. The average molecular weight is 411 g/mol. The van der Waals surface area contributed by atoms with E-state index in [0.717, 1.165) is 27.9 Å². The number of thioether (sulfide) groups is 1. The Kier molecular flexibility index (Phi) is 5.62. The Morgan fingerprint density at radius 1 is 1.24 bits per heavy atom. The number of hydrogen-bond donors (Lipinski definition) is 1. The highest BCUT2D eigenvalue weighted by Crippen LogP contribution is 2.32. The van der Waals surface area contributed by atoms with E-state index in [4.69, 9.17) is 14.2 Å². The van der Waals surface area contributed by atoms with Gasteiger partial charge in [-0.1, -0.05) is 17.8 Å². The van der Waals surface area contributed by atoms with Crippen LogP contribution in [0, 0.1) is 0 Å². The van der Waals surface area contributed by atoms with Crippen LogP contribution >= 0.6 is 11.8 Å². The maximum absolute atomic E-state index is 12.6. The Labute approximate surface area is 173 Å². The van der Waals surface area contributed by atoms with E-state index in [0.29, 0.717) is 12.3 Å². The number of benzene rings is 2. The molecule has 1 aromatic heterocycles. The van der Waals surface area contributed by atoms with Crippen molar-refractivity contribution in [2.45, 2.75) is 23.9 Å². The van der Waals surface area contributed by atoms with Crippen molar-refractivity contribution >= 4 is 17.7 Å². The Bertz CT molecular complexity index is 1000. The predicted octanol–water partition coefficient (Wildman–Crippen LogP) is 3.41. The van der Waals surface area contributed by atoms with Gasteiger partial charge in [-0.05, 0) is 48.9 Å². The first-order valence-electron chi connectivity index (χ1n) is 9.15. The number of methoxy groups -OCH3 is 1. The van der Waals surface area contributed by atoms with E-state index < -0.39 is 0 Å². The molecule has 0 unspecified atom stereocenters. The van der Waals surface area contributed by atoms with Gasteiger partial charge in [-0.2, -0.15) is 0 Å². The van der Waals surface area contributed by atoms with Gasteiger partial charge in [0, 0.05) is 24.6 Å². The molecule has 1 aliphatic heterocycles.